The predicted molar refractivity (Wildman–Crippen MR) is 66.7 cm³/mol. The fraction of sp³-hybridized carbons (Fsp3) is 0.545. The Balaban J connectivity index is 1.96. The van der Waals surface area contributed by atoms with E-state index in [0.717, 1.165) is 37.6 Å². The lowest BCUT2D eigenvalue weighted by Crippen LogP contribution is -2.48. The van der Waals surface area contributed by atoms with Crippen LogP contribution in [0.25, 0.3) is 0 Å². The molecule has 0 unspecified atom stereocenters. The number of anilines is 1. The van der Waals surface area contributed by atoms with Crippen LogP contribution in [0.3, 0.4) is 0 Å². The third-order valence-corrected chi connectivity index (χ3v) is 3.85. The number of likely N-dealkylation sites (N-methyl/N-ethyl adjacent to an activating group) is 1. The summed E-state index contributed by atoms with van der Waals surface area (Å²) in [5, 5.41) is 0.704. The number of nitrogens with two attached hydrogens (primary N) is 1. The van der Waals surface area contributed by atoms with Crippen LogP contribution in [0.5, 0.6) is 0 Å². The molecular formula is C11H17N3OS. The second-order valence-corrected chi connectivity index (χ2v) is 5.04. The second kappa shape index (κ2) is 4.84. The van der Waals surface area contributed by atoms with Crippen molar-refractivity contribution < 1.29 is 4.79 Å². The minimum Gasteiger partial charge on any atom is -0.391 e. The molecule has 1 aliphatic rings. The zero-order valence-corrected chi connectivity index (χ0v) is 10.3. The molecule has 0 aromatic carbocycles. The fourth-order valence-electron chi connectivity index (χ4n) is 1.89. The quantitative estimate of drug-likeness (QED) is 0.841. The van der Waals surface area contributed by atoms with E-state index < -0.39 is 0 Å². The van der Waals surface area contributed by atoms with Gasteiger partial charge in [-0.25, -0.2) is 0 Å². The van der Waals surface area contributed by atoms with Crippen molar-refractivity contribution >= 4 is 22.2 Å². The van der Waals surface area contributed by atoms with Crippen LogP contribution in [0.15, 0.2) is 12.1 Å². The minimum absolute atomic E-state index is 0.123. The molecule has 88 valence electrons. The van der Waals surface area contributed by atoms with Crippen molar-refractivity contribution in [1.29, 1.82) is 0 Å². The van der Waals surface area contributed by atoms with Gasteiger partial charge in [0.25, 0.3) is 5.91 Å². The van der Waals surface area contributed by atoms with Crippen molar-refractivity contribution in [2.75, 3.05) is 38.5 Å². The molecule has 1 aliphatic heterocycles. The van der Waals surface area contributed by atoms with Crippen LogP contribution in [0, 0.1) is 0 Å². The van der Waals surface area contributed by atoms with Crippen LogP contribution in [-0.2, 0) is 0 Å². The van der Waals surface area contributed by atoms with Gasteiger partial charge in [-0.05, 0) is 18.7 Å². The van der Waals surface area contributed by atoms with E-state index in [2.05, 4.69) is 11.8 Å². The number of carbonyl (C=O) groups is 1. The summed E-state index contributed by atoms with van der Waals surface area (Å²) >= 11 is 1.37. The van der Waals surface area contributed by atoms with E-state index in [0.29, 0.717) is 5.00 Å². The number of nitrogen functional groups attached to an aromatic ring is 1. The molecule has 1 aromatic heterocycles. The Labute approximate surface area is 99.6 Å². The first-order valence-corrected chi connectivity index (χ1v) is 6.39. The summed E-state index contributed by atoms with van der Waals surface area (Å²) in [6.07, 6.45) is 0. The van der Waals surface area contributed by atoms with Gasteiger partial charge in [-0.15, -0.1) is 11.3 Å². The van der Waals surface area contributed by atoms with Gasteiger partial charge in [0.05, 0.1) is 9.88 Å². The van der Waals surface area contributed by atoms with Gasteiger partial charge < -0.3 is 15.5 Å². The molecule has 1 fully saturated rings. The standard InChI is InChI=1S/C11H17N3OS/c1-2-13-5-7-14(8-6-13)11(15)9-3-4-10(12)16-9/h3-4H,2,5-8,12H2,1H3. The number of hydrogen-bond donors (Lipinski definition) is 1. The Morgan fingerprint density at radius 1 is 1.38 bits per heavy atom. The Kier molecular flexibility index (Phi) is 3.46. The summed E-state index contributed by atoms with van der Waals surface area (Å²) in [5.41, 5.74) is 5.63. The highest BCUT2D eigenvalue weighted by molar-refractivity contribution is 7.17. The molecule has 0 atom stereocenters. The molecule has 2 rings (SSSR count). The molecule has 1 aromatic rings. The van der Waals surface area contributed by atoms with Crippen molar-refractivity contribution in [1.82, 2.24) is 9.80 Å². The predicted octanol–water partition coefficient (Wildman–Crippen LogP) is 1.11. The number of piperazine rings is 1. The molecule has 2 N–H and O–H groups in total. The van der Waals surface area contributed by atoms with Crippen molar-refractivity contribution in [3.8, 4) is 0 Å². The van der Waals surface area contributed by atoms with Crippen molar-refractivity contribution in [2.24, 2.45) is 0 Å². The van der Waals surface area contributed by atoms with Gasteiger partial charge in [-0.1, -0.05) is 6.92 Å². The molecule has 2 heterocycles. The van der Waals surface area contributed by atoms with Gasteiger partial charge in [-0.3, -0.25) is 4.79 Å². The minimum atomic E-state index is 0.123. The van der Waals surface area contributed by atoms with Crippen LogP contribution in [0.2, 0.25) is 0 Å². The lowest BCUT2D eigenvalue weighted by molar-refractivity contribution is 0.0648. The van der Waals surface area contributed by atoms with Gasteiger partial charge in [0.1, 0.15) is 0 Å². The van der Waals surface area contributed by atoms with Crippen LogP contribution in [0.1, 0.15) is 16.6 Å². The van der Waals surface area contributed by atoms with Crippen LogP contribution >= 0.6 is 11.3 Å². The number of hydrogen-bond acceptors (Lipinski definition) is 4. The SMILES string of the molecule is CCN1CCN(C(=O)c2ccc(N)s2)CC1. The van der Waals surface area contributed by atoms with Gasteiger partial charge >= 0.3 is 0 Å². The third kappa shape index (κ3) is 2.36. The lowest BCUT2D eigenvalue weighted by Gasteiger charge is -2.33. The van der Waals surface area contributed by atoms with Gasteiger partial charge in [0.2, 0.25) is 0 Å². The summed E-state index contributed by atoms with van der Waals surface area (Å²) in [5.74, 6) is 0.123. The average Bonchev–Trinajstić information content (AvgIpc) is 2.75. The van der Waals surface area contributed by atoms with Crippen molar-refractivity contribution in [3.05, 3.63) is 17.0 Å². The second-order valence-electron chi connectivity index (χ2n) is 3.93. The highest BCUT2D eigenvalue weighted by Gasteiger charge is 2.22. The Bertz CT molecular complexity index is 369. The fourth-order valence-corrected chi connectivity index (χ4v) is 2.63. The summed E-state index contributed by atoms with van der Waals surface area (Å²) < 4.78 is 0. The van der Waals surface area contributed by atoms with E-state index in [1.807, 2.05) is 11.0 Å². The largest absolute Gasteiger partial charge is 0.391 e. The number of rotatable bonds is 2. The first-order chi connectivity index (χ1) is 7.70. The Morgan fingerprint density at radius 3 is 2.56 bits per heavy atom. The van der Waals surface area contributed by atoms with Crippen molar-refractivity contribution in [3.63, 3.8) is 0 Å². The Hall–Kier alpha value is -1.07. The average molecular weight is 239 g/mol. The monoisotopic (exact) mass is 239 g/mol. The summed E-state index contributed by atoms with van der Waals surface area (Å²) in [6, 6.07) is 3.61. The number of carbonyl (C=O) groups excluding carboxylic acids is 1. The molecule has 0 radical (unpaired) electrons. The molecule has 0 bridgehead atoms. The maximum atomic E-state index is 12.1. The first kappa shape index (κ1) is 11.4. The summed E-state index contributed by atoms with van der Waals surface area (Å²) in [6.45, 7) is 6.81. The Morgan fingerprint density at radius 2 is 2.06 bits per heavy atom. The molecule has 16 heavy (non-hydrogen) atoms. The maximum absolute atomic E-state index is 12.1. The lowest BCUT2D eigenvalue weighted by atomic mass is 10.3. The topological polar surface area (TPSA) is 49.6 Å². The molecule has 1 amide bonds. The van der Waals surface area contributed by atoms with E-state index in [4.69, 9.17) is 5.73 Å². The molecule has 0 aliphatic carbocycles. The number of amides is 1. The highest BCUT2D eigenvalue weighted by Crippen LogP contribution is 2.20. The van der Waals surface area contributed by atoms with E-state index in [1.165, 1.54) is 11.3 Å². The van der Waals surface area contributed by atoms with Crippen molar-refractivity contribution in [2.45, 2.75) is 6.92 Å². The zero-order valence-electron chi connectivity index (χ0n) is 9.48. The zero-order chi connectivity index (χ0) is 11.5. The molecule has 0 saturated carbocycles. The molecular weight excluding hydrogens is 222 g/mol. The first-order valence-electron chi connectivity index (χ1n) is 5.57. The van der Waals surface area contributed by atoms with Crippen LogP contribution in [0.4, 0.5) is 5.00 Å². The van der Waals surface area contributed by atoms with E-state index in [9.17, 15) is 4.79 Å². The van der Waals surface area contributed by atoms with Gasteiger partial charge in [0.15, 0.2) is 0 Å². The van der Waals surface area contributed by atoms with Crippen LogP contribution in [-0.4, -0.2) is 48.4 Å². The van der Waals surface area contributed by atoms with Gasteiger partial charge in [-0.2, -0.15) is 0 Å². The maximum Gasteiger partial charge on any atom is 0.264 e. The molecule has 4 nitrogen and oxygen atoms in total. The number of thiophene rings is 1. The van der Waals surface area contributed by atoms with Gasteiger partial charge in [0, 0.05) is 26.2 Å². The van der Waals surface area contributed by atoms with E-state index in [-0.39, 0.29) is 5.91 Å². The highest BCUT2D eigenvalue weighted by atomic mass is 32.1. The normalized spacial score (nSPS) is 17.7. The molecule has 5 heteroatoms. The smallest absolute Gasteiger partial charge is 0.264 e. The summed E-state index contributed by atoms with van der Waals surface area (Å²) in [7, 11) is 0. The van der Waals surface area contributed by atoms with E-state index in [1.54, 1.807) is 6.07 Å². The summed E-state index contributed by atoms with van der Waals surface area (Å²) in [4.78, 5) is 17.1. The third-order valence-electron chi connectivity index (χ3n) is 2.94. The number of nitrogens with zero attached hydrogens (tertiary/aromatic N) is 2. The van der Waals surface area contributed by atoms with E-state index >= 15 is 0 Å². The van der Waals surface area contributed by atoms with Crippen LogP contribution < -0.4 is 5.73 Å². The molecule has 1 saturated heterocycles. The molecule has 0 spiro atoms.